The number of amides is 1. The van der Waals surface area contributed by atoms with Gasteiger partial charge in [-0.3, -0.25) is 4.79 Å². The lowest BCUT2D eigenvalue weighted by Crippen LogP contribution is -2.46. The lowest BCUT2D eigenvalue weighted by atomic mass is 10.1. The molecule has 1 aromatic heterocycles. The van der Waals surface area contributed by atoms with Crippen LogP contribution < -0.4 is 0 Å². The van der Waals surface area contributed by atoms with Gasteiger partial charge < -0.3 is 24.1 Å². The number of aromatic amines is 1. The Labute approximate surface area is 152 Å². The van der Waals surface area contributed by atoms with E-state index in [0.29, 0.717) is 43.1 Å². The molecule has 8 nitrogen and oxygen atoms in total. The van der Waals surface area contributed by atoms with Gasteiger partial charge in [-0.2, -0.15) is 0 Å². The highest BCUT2D eigenvalue weighted by molar-refractivity contribution is 5.99. The molecule has 0 saturated carbocycles. The fourth-order valence-electron chi connectivity index (χ4n) is 2.84. The minimum Gasteiger partial charge on any atom is -0.459 e. The average molecular weight is 366 g/mol. The van der Waals surface area contributed by atoms with Crippen LogP contribution in [0.3, 0.4) is 0 Å². The molecule has 2 heterocycles. The SMILES string of the molecule is Cc1[nH]c(C(=O)O[C@H](C)C(=O)N2CCOCC2)c(C)c1C(=O)OC(C)C. The summed E-state index contributed by atoms with van der Waals surface area (Å²) in [6, 6.07) is 0. The number of ether oxygens (including phenoxy) is 3. The summed E-state index contributed by atoms with van der Waals surface area (Å²) in [6.45, 7) is 10.3. The molecule has 8 heteroatoms. The van der Waals surface area contributed by atoms with Crippen LogP contribution in [0.15, 0.2) is 0 Å². The molecule has 0 aliphatic carbocycles. The third kappa shape index (κ3) is 4.43. The van der Waals surface area contributed by atoms with Crippen molar-refractivity contribution in [1.82, 2.24) is 9.88 Å². The average Bonchev–Trinajstić information content (AvgIpc) is 2.88. The molecule has 2 rings (SSSR count). The fourth-order valence-corrected chi connectivity index (χ4v) is 2.84. The Bertz CT molecular complexity index is 688. The summed E-state index contributed by atoms with van der Waals surface area (Å²) in [7, 11) is 0. The van der Waals surface area contributed by atoms with Crippen LogP contribution in [0.2, 0.25) is 0 Å². The van der Waals surface area contributed by atoms with Gasteiger partial charge >= 0.3 is 11.9 Å². The first-order valence-corrected chi connectivity index (χ1v) is 8.70. The molecule has 0 spiro atoms. The molecule has 1 N–H and O–H groups in total. The van der Waals surface area contributed by atoms with Gasteiger partial charge in [-0.1, -0.05) is 0 Å². The second kappa shape index (κ2) is 8.35. The summed E-state index contributed by atoms with van der Waals surface area (Å²) < 4.78 is 15.7. The van der Waals surface area contributed by atoms with Gasteiger partial charge in [0.2, 0.25) is 0 Å². The van der Waals surface area contributed by atoms with E-state index < -0.39 is 18.0 Å². The summed E-state index contributed by atoms with van der Waals surface area (Å²) in [4.78, 5) is 41.5. The molecule has 1 fully saturated rings. The van der Waals surface area contributed by atoms with Gasteiger partial charge in [-0.05, 0) is 40.2 Å². The highest BCUT2D eigenvalue weighted by Gasteiger charge is 2.29. The molecule has 26 heavy (non-hydrogen) atoms. The first-order valence-electron chi connectivity index (χ1n) is 8.70. The van der Waals surface area contributed by atoms with E-state index in [0.717, 1.165) is 0 Å². The first-order chi connectivity index (χ1) is 12.2. The number of morpholine rings is 1. The molecule has 1 amide bonds. The Morgan fingerprint density at radius 2 is 1.65 bits per heavy atom. The molecule has 1 aliphatic heterocycles. The van der Waals surface area contributed by atoms with Crippen molar-refractivity contribution in [1.29, 1.82) is 0 Å². The van der Waals surface area contributed by atoms with Gasteiger partial charge in [0.05, 0.1) is 24.9 Å². The zero-order valence-corrected chi connectivity index (χ0v) is 15.9. The summed E-state index contributed by atoms with van der Waals surface area (Å²) in [5.74, 6) is -1.44. The number of aromatic nitrogens is 1. The predicted octanol–water partition coefficient (Wildman–Crippen LogP) is 1.60. The largest absolute Gasteiger partial charge is 0.459 e. The maximum atomic E-state index is 12.5. The van der Waals surface area contributed by atoms with Crippen LogP contribution in [-0.4, -0.2) is 66.2 Å². The second-order valence-electron chi connectivity index (χ2n) is 6.56. The minimum atomic E-state index is -0.922. The van der Waals surface area contributed by atoms with Gasteiger partial charge in [-0.15, -0.1) is 0 Å². The third-order valence-corrected chi connectivity index (χ3v) is 4.14. The minimum absolute atomic E-state index is 0.153. The molecular weight excluding hydrogens is 340 g/mol. The molecule has 0 unspecified atom stereocenters. The smallest absolute Gasteiger partial charge is 0.355 e. The molecule has 0 radical (unpaired) electrons. The Kier molecular flexibility index (Phi) is 6.42. The maximum Gasteiger partial charge on any atom is 0.355 e. The van der Waals surface area contributed by atoms with Gasteiger partial charge in [0.1, 0.15) is 5.69 Å². The number of hydrogen-bond donors (Lipinski definition) is 1. The van der Waals surface area contributed by atoms with Gasteiger partial charge in [0.25, 0.3) is 5.91 Å². The molecule has 1 aliphatic rings. The van der Waals surface area contributed by atoms with Crippen molar-refractivity contribution < 1.29 is 28.6 Å². The zero-order chi connectivity index (χ0) is 19.4. The standard InChI is InChI=1S/C18H26N2O6/c1-10(2)25-17(22)14-11(3)15(19-12(14)4)18(23)26-13(5)16(21)20-6-8-24-9-7-20/h10,13,19H,6-9H2,1-5H3/t13-/m1/s1. The zero-order valence-electron chi connectivity index (χ0n) is 15.9. The monoisotopic (exact) mass is 366 g/mol. The normalized spacial score (nSPS) is 15.7. The van der Waals surface area contributed by atoms with Crippen LogP contribution in [0.1, 0.15) is 52.9 Å². The molecule has 144 valence electrons. The Morgan fingerprint density at radius 3 is 2.23 bits per heavy atom. The van der Waals surface area contributed by atoms with Crippen LogP contribution in [0, 0.1) is 13.8 Å². The summed E-state index contributed by atoms with van der Waals surface area (Å²) in [6.07, 6.45) is -1.19. The number of esters is 2. The van der Waals surface area contributed by atoms with Crippen LogP contribution in [-0.2, 0) is 19.0 Å². The number of nitrogens with one attached hydrogen (secondary N) is 1. The van der Waals surface area contributed by atoms with Crippen molar-refractivity contribution in [2.75, 3.05) is 26.3 Å². The number of hydrogen-bond acceptors (Lipinski definition) is 6. The van der Waals surface area contributed by atoms with E-state index in [9.17, 15) is 14.4 Å². The molecule has 1 saturated heterocycles. The lowest BCUT2D eigenvalue weighted by Gasteiger charge is -2.28. The quantitative estimate of drug-likeness (QED) is 0.795. The van der Waals surface area contributed by atoms with E-state index in [1.807, 2.05) is 0 Å². The summed E-state index contributed by atoms with van der Waals surface area (Å²) >= 11 is 0. The van der Waals surface area contributed by atoms with E-state index in [4.69, 9.17) is 14.2 Å². The van der Waals surface area contributed by atoms with Gasteiger partial charge in [0, 0.05) is 18.8 Å². The Hall–Kier alpha value is -2.35. The van der Waals surface area contributed by atoms with Crippen LogP contribution >= 0.6 is 0 Å². The number of rotatable bonds is 5. The topological polar surface area (TPSA) is 97.9 Å². The summed E-state index contributed by atoms with van der Waals surface area (Å²) in [5, 5.41) is 0. The van der Waals surface area contributed by atoms with Crippen molar-refractivity contribution in [3.05, 3.63) is 22.5 Å². The third-order valence-electron chi connectivity index (χ3n) is 4.14. The summed E-state index contributed by atoms with van der Waals surface area (Å²) in [5.41, 5.74) is 1.44. The molecule has 0 aromatic carbocycles. The van der Waals surface area contributed by atoms with E-state index in [1.54, 1.807) is 32.6 Å². The highest BCUT2D eigenvalue weighted by atomic mass is 16.6. The lowest BCUT2D eigenvalue weighted by molar-refractivity contribution is -0.143. The fraction of sp³-hybridized carbons (Fsp3) is 0.611. The van der Waals surface area contributed by atoms with Crippen molar-refractivity contribution in [3.63, 3.8) is 0 Å². The van der Waals surface area contributed by atoms with Crippen molar-refractivity contribution in [2.24, 2.45) is 0 Å². The van der Waals surface area contributed by atoms with Gasteiger partial charge in [0.15, 0.2) is 6.10 Å². The number of carbonyl (C=O) groups is 3. The number of H-pyrrole nitrogens is 1. The van der Waals surface area contributed by atoms with Crippen molar-refractivity contribution >= 4 is 17.8 Å². The molecule has 1 aromatic rings. The number of nitrogens with zero attached hydrogens (tertiary/aromatic N) is 1. The number of carbonyl (C=O) groups excluding carboxylic acids is 3. The molecule has 0 bridgehead atoms. The Balaban J connectivity index is 2.09. The van der Waals surface area contributed by atoms with E-state index in [2.05, 4.69) is 4.98 Å². The van der Waals surface area contributed by atoms with E-state index in [-0.39, 0.29) is 17.7 Å². The Morgan fingerprint density at radius 1 is 1.04 bits per heavy atom. The highest BCUT2D eigenvalue weighted by Crippen LogP contribution is 2.21. The van der Waals surface area contributed by atoms with Crippen LogP contribution in [0.25, 0.3) is 0 Å². The van der Waals surface area contributed by atoms with Crippen molar-refractivity contribution in [2.45, 2.75) is 46.8 Å². The number of aryl methyl sites for hydroxylation is 1. The van der Waals surface area contributed by atoms with E-state index >= 15 is 0 Å². The first kappa shape index (κ1) is 20.0. The van der Waals surface area contributed by atoms with Gasteiger partial charge in [-0.25, -0.2) is 9.59 Å². The molecular formula is C18H26N2O6. The molecule has 1 atom stereocenters. The van der Waals surface area contributed by atoms with Crippen LogP contribution in [0.4, 0.5) is 0 Å². The second-order valence-corrected chi connectivity index (χ2v) is 6.56. The predicted molar refractivity (Wildman–Crippen MR) is 93.1 cm³/mol. The van der Waals surface area contributed by atoms with E-state index in [1.165, 1.54) is 6.92 Å². The maximum absolute atomic E-state index is 12.5. The van der Waals surface area contributed by atoms with Crippen molar-refractivity contribution in [3.8, 4) is 0 Å². The van der Waals surface area contributed by atoms with Crippen LogP contribution in [0.5, 0.6) is 0 Å².